The molecule has 0 radical (unpaired) electrons. The third kappa shape index (κ3) is 2.62. The van der Waals surface area contributed by atoms with Gasteiger partial charge in [0.1, 0.15) is 5.69 Å². The Bertz CT molecular complexity index is 602. The molecule has 3 fully saturated rings. The van der Waals surface area contributed by atoms with Crippen molar-refractivity contribution < 1.29 is 9.59 Å². The minimum Gasteiger partial charge on any atom is -0.339 e. The second kappa shape index (κ2) is 5.62. The normalized spacial score (nSPS) is 25.7. The molecular formula is C18H23N3O2. The van der Waals surface area contributed by atoms with Crippen LogP contribution in [0.3, 0.4) is 0 Å². The summed E-state index contributed by atoms with van der Waals surface area (Å²) in [6, 6.07) is 5.38. The summed E-state index contributed by atoms with van der Waals surface area (Å²) in [5, 5.41) is 0. The number of aromatic nitrogens is 1. The molecular weight excluding hydrogens is 290 g/mol. The summed E-state index contributed by atoms with van der Waals surface area (Å²) in [6.45, 7) is 2.54. The molecule has 1 aromatic rings. The Morgan fingerprint density at radius 3 is 2.39 bits per heavy atom. The molecule has 1 aliphatic heterocycles. The third-order valence-corrected chi connectivity index (χ3v) is 5.85. The van der Waals surface area contributed by atoms with E-state index in [1.54, 1.807) is 12.3 Å². The van der Waals surface area contributed by atoms with Gasteiger partial charge in [0.15, 0.2) is 0 Å². The van der Waals surface area contributed by atoms with Crippen LogP contribution in [0.2, 0.25) is 0 Å². The molecule has 122 valence electrons. The van der Waals surface area contributed by atoms with Gasteiger partial charge in [-0.1, -0.05) is 18.9 Å². The summed E-state index contributed by atoms with van der Waals surface area (Å²) in [6.07, 6.45) is 7.79. The highest BCUT2D eigenvalue weighted by Crippen LogP contribution is 2.63. The zero-order chi connectivity index (χ0) is 15.9. The fraction of sp³-hybridized carbons (Fsp3) is 0.611. The Labute approximate surface area is 136 Å². The Morgan fingerprint density at radius 1 is 1.04 bits per heavy atom. The SMILES string of the molecule is O=C(c1ccccn1)N1CCN(C(=O)C2CC23CCCC3)CC1. The molecule has 1 atom stereocenters. The van der Waals surface area contributed by atoms with Crippen molar-refractivity contribution in [2.24, 2.45) is 11.3 Å². The highest BCUT2D eigenvalue weighted by Gasteiger charge is 2.59. The van der Waals surface area contributed by atoms with Crippen LogP contribution in [-0.2, 0) is 4.79 Å². The van der Waals surface area contributed by atoms with Crippen LogP contribution in [-0.4, -0.2) is 52.8 Å². The Hall–Kier alpha value is -1.91. The van der Waals surface area contributed by atoms with Gasteiger partial charge in [0, 0.05) is 38.3 Å². The smallest absolute Gasteiger partial charge is 0.272 e. The fourth-order valence-electron chi connectivity index (χ4n) is 4.33. The second-order valence-electron chi connectivity index (χ2n) is 7.16. The van der Waals surface area contributed by atoms with Gasteiger partial charge in [0.2, 0.25) is 5.91 Å². The molecule has 0 N–H and O–H groups in total. The molecule has 4 rings (SSSR count). The zero-order valence-electron chi connectivity index (χ0n) is 13.4. The van der Waals surface area contributed by atoms with Crippen LogP contribution >= 0.6 is 0 Å². The van der Waals surface area contributed by atoms with E-state index in [2.05, 4.69) is 4.98 Å². The summed E-state index contributed by atoms with van der Waals surface area (Å²) in [4.78, 5) is 33.0. The minimum absolute atomic E-state index is 0.0311. The van der Waals surface area contributed by atoms with Crippen LogP contribution in [0.25, 0.3) is 0 Å². The summed E-state index contributed by atoms with van der Waals surface area (Å²) in [7, 11) is 0. The largest absolute Gasteiger partial charge is 0.339 e. The minimum atomic E-state index is -0.0311. The number of carbonyl (C=O) groups is 2. The van der Waals surface area contributed by atoms with Crippen LogP contribution in [0, 0.1) is 11.3 Å². The molecule has 1 saturated heterocycles. The van der Waals surface area contributed by atoms with Gasteiger partial charge < -0.3 is 9.80 Å². The van der Waals surface area contributed by atoms with Crippen molar-refractivity contribution in [1.29, 1.82) is 0 Å². The highest BCUT2D eigenvalue weighted by atomic mass is 16.2. The zero-order valence-corrected chi connectivity index (χ0v) is 13.4. The molecule has 5 nitrogen and oxygen atoms in total. The van der Waals surface area contributed by atoms with Crippen molar-refractivity contribution in [3.8, 4) is 0 Å². The predicted molar refractivity (Wildman–Crippen MR) is 85.7 cm³/mol. The lowest BCUT2D eigenvalue weighted by Crippen LogP contribution is -2.51. The summed E-state index contributed by atoms with van der Waals surface area (Å²) < 4.78 is 0. The van der Waals surface area contributed by atoms with Gasteiger partial charge in [0.05, 0.1) is 0 Å². The number of carbonyl (C=O) groups excluding carboxylic acids is 2. The van der Waals surface area contributed by atoms with Gasteiger partial charge in [-0.05, 0) is 36.8 Å². The van der Waals surface area contributed by atoms with Crippen molar-refractivity contribution in [1.82, 2.24) is 14.8 Å². The molecule has 1 aromatic heterocycles. The quantitative estimate of drug-likeness (QED) is 0.838. The molecule has 0 aromatic carbocycles. The van der Waals surface area contributed by atoms with Crippen LogP contribution < -0.4 is 0 Å². The average molecular weight is 313 g/mol. The summed E-state index contributed by atoms with van der Waals surface area (Å²) in [5.74, 6) is 0.566. The molecule has 23 heavy (non-hydrogen) atoms. The standard InChI is InChI=1S/C18H23N3O2/c22-16(14-13-18(14)6-2-3-7-18)20-9-11-21(12-10-20)17(23)15-5-1-4-8-19-15/h1,4-5,8,14H,2-3,6-7,9-13H2. The first-order chi connectivity index (χ1) is 11.2. The van der Waals surface area contributed by atoms with Crippen molar-refractivity contribution >= 4 is 11.8 Å². The van der Waals surface area contributed by atoms with E-state index < -0.39 is 0 Å². The molecule has 2 aliphatic carbocycles. The van der Waals surface area contributed by atoms with Crippen LogP contribution in [0.15, 0.2) is 24.4 Å². The number of piperazine rings is 1. The first kappa shape index (κ1) is 14.7. The van der Waals surface area contributed by atoms with Crippen molar-refractivity contribution in [3.05, 3.63) is 30.1 Å². The lowest BCUT2D eigenvalue weighted by Gasteiger charge is -2.35. The van der Waals surface area contributed by atoms with Gasteiger partial charge in [-0.2, -0.15) is 0 Å². The fourth-order valence-corrected chi connectivity index (χ4v) is 4.33. The van der Waals surface area contributed by atoms with E-state index in [0.717, 1.165) is 6.42 Å². The monoisotopic (exact) mass is 313 g/mol. The van der Waals surface area contributed by atoms with E-state index in [4.69, 9.17) is 0 Å². The predicted octanol–water partition coefficient (Wildman–Crippen LogP) is 1.95. The van der Waals surface area contributed by atoms with Gasteiger partial charge >= 0.3 is 0 Å². The van der Waals surface area contributed by atoms with Gasteiger partial charge in [-0.3, -0.25) is 14.6 Å². The van der Waals surface area contributed by atoms with Crippen molar-refractivity contribution in [3.63, 3.8) is 0 Å². The van der Waals surface area contributed by atoms with Gasteiger partial charge in [0.25, 0.3) is 5.91 Å². The second-order valence-corrected chi connectivity index (χ2v) is 7.16. The highest BCUT2D eigenvalue weighted by molar-refractivity contribution is 5.92. The molecule has 5 heteroatoms. The van der Waals surface area contributed by atoms with E-state index in [1.807, 2.05) is 21.9 Å². The molecule has 2 amide bonds. The number of amides is 2. The molecule has 2 saturated carbocycles. The lowest BCUT2D eigenvalue weighted by molar-refractivity contribution is -0.134. The first-order valence-electron chi connectivity index (χ1n) is 8.69. The molecule has 2 heterocycles. The van der Waals surface area contributed by atoms with E-state index in [9.17, 15) is 9.59 Å². The van der Waals surface area contributed by atoms with Crippen LogP contribution in [0.1, 0.15) is 42.6 Å². The van der Waals surface area contributed by atoms with Crippen molar-refractivity contribution in [2.75, 3.05) is 26.2 Å². The Balaban J connectivity index is 1.33. The number of nitrogens with zero attached hydrogens (tertiary/aromatic N) is 3. The van der Waals surface area contributed by atoms with Crippen molar-refractivity contribution in [2.45, 2.75) is 32.1 Å². The maximum absolute atomic E-state index is 12.7. The van der Waals surface area contributed by atoms with Gasteiger partial charge in [-0.15, -0.1) is 0 Å². The molecule has 0 bridgehead atoms. The number of hydrogen-bond donors (Lipinski definition) is 0. The molecule has 3 aliphatic rings. The topological polar surface area (TPSA) is 53.5 Å². The lowest BCUT2D eigenvalue weighted by atomic mass is 10.0. The number of rotatable bonds is 2. The Morgan fingerprint density at radius 2 is 1.74 bits per heavy atom. The third-order valence-electron chi connectivity index (χ3n) is 5.85. The molecule has 1 unspecified atom stereocenters. The Kier molecular flexibility index (Phi) is 3.58. The number of pyridine rings is 1. The maximum Gasteiger partial charge on any atom is 0.272 e. The first-order valence-corrected chi connectivity index (χ1v) is 8.69. The number of hydrogen-bond acceptors (Lipinski definition) is 3. The van der Waals surface area contributed by atoms with E-state index in [0.29, 0.717) is 43.2 Å². The van der Waals surface area contributed by atoms with Crippen LogP contribution in [0.5, 0.6) is 0 Å². The average Bonchev–Trinajstić information content (AvgIpc) is 3.11. The maximum atomic E-state index is 12.7. The summed E-state index contributed by atoms with van der Waals surface area (Å²) in [5.41, 5.74) is 0.845. The van der Waals surface area contributed by atoms with E-state index in [1.165, 1.54) is 25.7 Å². The van der Waals surface area contributed by atoms with E-state index in [-0.39, 0.29) is 11.8 Å². The molecule has 1 spiro atoms. The van der Waals surface area contributed by atoms with Crippen LogP contribution in [0.4, 0.5) is 0 Å². The summed E-state index contributed by atoms with van der Waals surface area (Å²) >= 11 is 0. The van der Waals surface area contributed by atoms with Gasteiger partial charge in [-0.25, -0.2) is 0 Å². The van der Waals surface area contributed by atoms with E-state index >= 15 is 0 Å².